The molecule has 3 aromatic rings. The third-order valence-electron chi connectivity index (χ3n) is 5.68. The number of morpholine rings is 1. The zero-order valence-corrected chi connectivity index (χ0v) is 20.1. The van der Waals surface area contributed by atoms with Crippen LogP contribution in [0.25, 0.3) is 10.8 Å². The highest BCUT2D eigenvalue weighted by molar-refractivity contribution is 7.89. The number of sulfonamides is 1. The average Bonchev–Trinajstić information content (AvgIpc) is 2.88. The number of hydrogen-bond donors (Lipinski definition) is 2. The Morgan fingerprint density at radius 1 is 1.00 bits per heavy atom. The highest BCUT2D eigenvalue weighted by atomic mass is 32.2. The second kappa shape index (κ2) is 10.9. The van der Waals surface area contributed by atoms with Gasteiger partial charge in [-0.05, 0) is 41.1 Å². The van der Waals surface area contributed by atoms with E-state index in [2.05, 4.69) is 10.6 Å². The third kappa shape index (κ3) is 5.79. The van der Waals surface area contributed by atoms with E-state index in [0.29, 0.717) is 24.5 Å². The SMILES string of the molecule is COc1ccc(NC(=O)CCNC(=O)c2ccc3ccccc3c2)cc1S(=O)(=O)N1CCOCC1. The van der Waals surface area contributed by atoms with Gasteiger partial charge in [0.25, 0.3) is 5.91 Å². The van der Waals surface area contributed by atoms with Gasteiger partial charge in [0, 0.05) is 37.3 Å². The molecule has 0 bridgehead atoms. The molecule has 1 fully saturated rings. The number of carbonyl (C=O) groups excluding carboxylic acids is 2. The number of anilines is 1. The van der Waals surface area contributed by atoms with Crippen LogP contribution in [-0.4, -0.2) is 64.5 Å². The Hall–Kier alpha value is -3.47. The number of methoxy groups -OCH3 is 1. The van der Waals surface area contributed by atoms with Crippen LogP contribution in [0.1, 0.15) is 16.8 Å². The van der Waals surface area contributed by atoms with E-state index >= 15 is 0 Å². The van der Waals surface area contributed by atoms with Gasteiger partial charge in [-0.2, -0.15) is 4.31 Å². The molecule has 0 radical (unpaired) electrons. The number of carbonyl (C=O) groups is 2. The van der Waals surface area contributed by atoms with Gasteiger partial charge in [-0.15, -0.1) is 0 Å². The lowest BCUT2D eigenvalue weighted by molar-refractivity contribution is -0.116. The van der Waals surface area contributed by atoms with E-state index in [1.165, 1.54) is 23.5 Å². The van der Waals surface area contributed by atoms with Crippen molar-refractivity contribution >= 4 is 38.3 Å². The van der Waals surface area contributed by atoms with Crippen LogP contribution >= 0.6 is 0 Å². The molecule has 0 aliphatic carbocycles. The minimum Gasteiger partial charge on any atom is -0.495 e. The van der Waals surface area contributed by atoms with Crippen molar-refractivity contribution in [2.24, 2.45) is 0 Å². The number of hydrogen-bond acceptors (Lipinski definition) is 6. The molecule has 10 heteroatoms. The van der Waals surface area contributed by atoms with Crippen molar-refractivity contribution in [1.29, 1.82) is 0 Å². The van der Waals surface area contributed by atoms with E-state index < -0.39 is 10.0 Å². The fourth-order valence-electron chi connectivity index (χ4n) is 3.83. The number of fused-ring (bicyclic) bond motifs is 1. The monoisotopic (exact) mass is 497 g/mol. The summed E-state index contributed by atoms with van der Waals surface area (Å²) in [5.74, 6) is -0.437. The standard InChI is InChI=1S/C25H27N3O6S/c1-33-22-9-8-21(17-23(22)35(31,32)28-12-14-34-15-13-28)27-24(29)10-11-26-25(30)20-7-6-18-4-2-3-5-19(18)16-20/h2-9,16-17H,10-15H2,1H3,(H,26,30)(H,27,29). The van der Waals surface area contributed by atoms with Crippen molar-refractivity contribution in [2.45, 2.75) is 11.3 Å². The summed E-state index contributed by atoms with van der Waals surface area (Å²) in [4.78, 5) is 24.9. The van der Waals surface area contributed by atoms with Gasteiger partial charge >= 0.3 is 0 Å². The van der Waals surface area contributed by atoms with Crippen molar-refractivity contribution in [1.82, 2.24) is 9.62 Å². The second-order valence-corrected chi connectivity index (χ2v) is 9.90. The molecule has 184 valence electrons. The molecule has 0 unspecified atom stereocenters. The fraction of sp³-hybridized carbons (Fsp3) is 0.280. The van der Waals surface area contributed by atoms with E-state index in [-0.39, 0.29) is 48.5 Å². The van der Waals surface area contributed by atoms with Gasteiger partial charge in [0.1, 0.15) is 10.6 Å². The van der Waals surface area contributed by atoms with Crippen LogP contribution in [-0.2, 0) is 19.6 Å². The first-order valence-corrected chi connectivity index (χ1v) is 12.7. The molecule has 2 N–H and O–H groups in total. The van der Waals surface area contributed by atoms with Crippen molar-refractivity contribution in [2.75, 3.05) is 45.3 Å². The molecule has 1 saturated heterocycles. The third-order valence-corrected chi connectivity index (χ3v) is 7.60. The Balaban J connectivity index is 1.37. The molecule has 0 spiro atoms. The average molecular weight is 498 g/mol. The van der Waals surface area contributed by atoms with Gasteiger partial charge in [0.2, 0.25) is 15.9 Å². The van der Waals surface area contributed by atoms with E-state index in [4.69, 9.17) is 9.47 Å². The molecular weight excluding hydrogens is 470 g/mol. The maximum atomic E-state index is 13.1. The normalized spacial score (nSPS) is 14.4. The summed E-state index contributed by atoms with van der Waals surface area (Å²) in [6.45, 7) is 1.27. The first kappa shape index (κ1) is 24.6. The molecule has 0 atom stereocenters. The van der Waals surface area contributed by atoms with Crippen molar-refractivity contribution < 1.29 is 27.5 Å². The van der Waals surface area contributed by atoms with Gasteiger partial charge in [-0.1, -0.05) is 30.3 Å². The topological polar surface area (TPSA) is 114 Å². The van der Waals surface area contributed by atoms with Gasteiger partial charge in [0.15, 0.2) is 0 Å². The molecular formula is C25H27N3O6S. The molecule has 1 heterocycles. The smallest absolute Gasteiger partial charge is 0.251 e. The van der Waals surface area contributed by atoms with Crippen molar-refractivity contribution in [3.05, 3.63) is 66.2 Å². The van der Waals surface area contributed by atoms with Crippen LogP contribution in [0.5, 0.6) is 5.75 Å². The number of ether oxygens (including phenoxy) is 2. The lowest BCUT2D eigenvalue weighted by atomic mass is 10.1. The van der Waals surface area contributed by atoms with E-state index in [1.807, 2.05) is 30.3 Å². The minimum atomic E-state index is -3.82. The van der Waals surface area contributed by atoms with Crippen LogP contribution in [0, 0.1) is 0 Å². The Bertz CT molecular complexity index is 1340. The second-order valence-electron chi connectivity index (χ2n) is 8.00. The first-order chi connectivity index (χ1) is 16.9. The van der Waals surface area contributed by atoms with Gasteiger partial charge in [-0.3, -0.25) is 9.59 Å². The van der Waals surface area contributed by atoms with Crippen molar-refractivity contribution in [3.63, 3.8) is 0 Å². The molecule has 4 rings (SSSR count). The molecule has 1 aliphatic heterocycles. The maximum Gasteiger partial charge on any atom is 0.251 e. The number of rotatable bonds is 8. The van der Waals surface area contributed by atoms with Crippen LogP contribution in [0.2, 0.25) is 0 Å². The Morgan fingerprint density at radius 2 is 1.74 bits per heavy atom. The summed E-state index contributed by atoms with van der Waals surface area (Å²) in [6, 6.07) is 17.6. The highest BCUT2D eigenvalue weighted by Gasteiger charge is 2.29. The summed E-state index contributed by atoms with van der Waals surface area (Å²) < 4.78 is 38.0. The zero-order valence-electron chi connectivity index (χ0n) is 19.3. The minimum absolute atomic E-state index is 0.0238. The Labute approximate surface area is 204 Å². The van der Waals surface area contributed by atoms with E-state index in [9.17, 15) is 18.0 Å². The van der Waals surface area contributed by atoms with E-state index in [0.717, 1.165) is 10.8 Å². The maximum absolute atomic E-state index is 13.1. The number of amides is 2. The van der Waals surface area contributed by atoms with Gasteiger partial charge in [0.05, 0.1) is 20.3 Å². The van der Waals surface area contributed by atoms with Crippen LogP contribution in [0.3, 0.4) is 0 Å². The highest BCUT2D eigenvalue weighted by Crippen LogP contribution is 2.30. The zero-order chi connectivity index (χ0) is 24.8. The lowest BCUT2D eigenvalue weighted by Gasteiger charge is -2.26. The van der Waals surface area contributed by atoms with Gasteiger partial charge in [-0.25, -0.2) is 8.42 Å². The molecule has 2 amide bonds. The Morgan fingerprint density at radius 3 is 2.49 bits per heavy atom. The largest absolute Gasteiger partial charge is 0.495 e. The van der Waals surface area contributed by atoms with Crippen LogP contribution in [0.15, 0.2) is 65.6 Å². The molecule has 9 nitrogen and oxygen atoms in total. The molecule has 3 aromatic carbocycles. The summed E-state index contributed by atoms with van der Waals surface area (Å²) >= 11 is 0. The molecule has 0 aromatic heterocycles. The predicted molar refractivity (Wildman–Crippen MR) is 132 cm³/mol. The summed E-state index contributed by atoms with van der Waals surface area (Å²) in [5, 5.41) is 7.43. The van der Waals surface area contributed by atoms with Crippen LogP contribution < -0.4 is 15.4 Å². The quantitative estimate of drug-likeness (QED) is 0.495. The van der Waals surface area contributed by atoms with E-state index in [1.54, 1.807) is 18.2 Å². The lowest BCUT2D eigenvalue weighted by Crippen LogP contribution is -2.40. The number of nitrogens with zero attached hydrogens (tertiary/aromatic N) is 1. The summed E-state index contributed by atoms with van der Waals surface area (Å²) in [6.07, 6.45) is 0.0247. The van der Waals surface area contributed by atoms with Crippen molar-refractivity contribution in [3.8, 4) is 5.75 Å². The summed E-state index contributed by atoms with van der Waals surface area (Å²) in [7, 11) is -2.42. The predicted octanol–water partition coefficient (Wildman–Crippen LogP) is 2.63. The van der Waals surface area contributed by atoms with Gasteiger partial charge < -0.3 is 20.1 Å². The molecule has 1 aliphatic rings. The molecule has 0 saturated carbocycles. The summed E-state index contributed by atoms with van der Waals surface area (Å²) in [5.41, 5.74) is 0.834. The molecule has 35 heavy (non-hydrogen) atoms. The fourth-order valence-corrected chi connectivity index (χ4v) is 5.42. The number of nitrogens with one attached hydrogen (secondary N) is 2. The van der Waals surface area contributed by atoms with Crippen LogP contribution in [0.4, 0.5) is 5.69 Å². The Kier molecular flexibility index (Phi) is 7.64. The first-order valence-electron chi connectivity index (χ1n) is 11.2. The number of benzene rings is 3.